The van der Waals surface area contributed by atoms with Crippen molar-refractivity contribution < 1.29 is 18.7 Å². The predicted molar refractivity (Wildman–Crippen MR) is 109 cm³/mol. The second kappa shape index (κ2) is 9.23. The number of amides is 2. The molecule has 1 aromatic heterocycles. The Morgan fingerprint density at radius 1 is 1.23 bits per heavy atom. The van der Waals surface area contributed by atoms with Crippen LogP contribution in [0.1, 0.15) is 16.1 Å². The number of aromatic nitrogens is 3. The molecule has 0 unspecified atom stereocenters. The van der Waals surface area contributed by atoms with Gasteiger partial charge in [-0.1, -0.05) is 28.9 Å². The van der Waals surface area contributed by atoms with Crippen LogP contribution in [0.25, 0.3) is 0 Å². The first-order valence-electron chi connectivity index (χ1n) is 8.72. The molecule has 0 radical (unpaired) electrons. The Hall–Kier alpha value is -3.66. The van der Waals surface area contributed by atoms with E-state index < -0.39 is 11.8 Å². The lowest BCUT2D eigenvalue weighted by atomic mass is 10.2. The average molecular weight is 433 g/mol. The molecule has 3 rings (SSSR count). The van der Waals surface area contributed by atoms with Crippen LogP contribution in [0.5, 0.6) is 5.75 Å². The van der Waals surface area contributed by atoms with Crippen molar-refractivity contribution in [3.8, 4) is 5.75 Å². The normalized spacial score (nSPS) is 10.5. The fraction of sp³-hybridized carbons (Fsp3) is 0.158. The Kier molecular flexibility index (Phi) is 6.48. The maximum Gasteiger partial charge on any atom is 0.275 e. The van der Waals surface area contributed by atoms with Crippen molar-refractivity contribution >= 4 is 34.9 Å². The fourth-order valence-corrected chi connectivity index (χ4v) is 2.74. The van der Waals surface area contributed by atoms with Gasteiger partial charge in [-0.3, -0.25) is 9.59 Å². The molecule has 1 heterocycles. The predicted octanol–water partition coefficient (Wildman–Crippen LogP) is 2.23. The molecule has 0 saturated heterocycles. The summed E-state index contributed by atoms with van der Waals surface area (Å²) in [4.78, 5) is 24.6. The summed E-state index contributed by atoms with van der Waals surface area (Å²) < 4.78 is 19.2. The SMILES string of the molecule is COc1ccc(Cl)cc1NC(=O)Cn1nnc(C(=O)NCc2ccc(F)cc2)c1N. The highest BCUT2D eigenvalue weighted by Crippen LogP contribution is 2.27. The highest BCUT2D eigenvalue weighted by molar-refractivity contribution is 6.31. The summed E-state index contributed by atoms with van der Waals surface area (Å²) in [5.41, 5.74) is 6.88. The number of nitrogens with two attached hydrogens (primary N) is 1. The molecule has 4 N–H and O–H groups in total. The number of nitrogen functional groups attached to an aromatic ring is 1. The monoisotopic (exact) mass is 432 g/mol. The fourth-order valence-electron chi connectivity index (χ4n) is 2.57. The molecule has 2 amide bonds. The molecular weight excluding hydrogens is 415 g/mol. The maximum absolute atomic E-state index is 12.9. The van der Waals surface area contributed by atoms with Gasteiger partial charge in [0.2, 0.25) is 5.91 Å². The molecule has 2 aromatic carbocycles. The van der Waals surface area contributed by atoms with Gasteiger partial charge in [-0.25, -0.2) is 9.07 Å². The molecule has 0 aliphatic carbocycles. The lowest BCUT2D eigenvalue weighted by Gasteiger charge is -2.11. The Labute approximate surface area is 176 Å². The Balaban J connectivity index is 1.63. The van der Waals surface area contributed by atoms with Crippen molar-refractivity contribution in [1.29, 1.82) is 0 Å². The van der Waals surface area contributed by atoms with Crippen molar-refractivity contribution in [1.82, 2.24) is 20.3 Å². The minimum atomic E-state index is -0.569. The second-order valence-electron chi connectivity index (χ2n) is 6.18. The van der Waals surface area contributed by atoms with Gasteiger partial charge in [0, 0.05) is 11.6 Å². The zero-order chi connectivity index (χ0) is 21.7. The van der Waals surface area contributed by atoms with Crippen molar-refractivity contribution in [2.75, 3.05) is 18.2 Å². The summed E-state index contributed by atoms with van der Waals surface area (Å²) >= 11 is 5.95. The van der Waals surface area contributed by atoms with Crippen molar-refractivity contribution in [2.45, 2.75) is 13.1 Å². The van der Waals surface area contributed by atoms with Crippen LogP contribution in [0.15, 0.2) is 42.5 Å². The first kappa shape index (κ1) is 21.1. The zero-order valence-corrected chi connectivity index (χ0v) is 16.6. The molecular formula is C19H18ClFN6O3. The third-order valence-corrected chi connectivity index (χ3v) is 4.32. The first-order chi connectivity index (χ1) is 14.4. The van der Waals surface area contributed by atoms with Crippen LogP contribution in [-0.2, 0) is 17.9 Å². The van der Waals surface area contributed by atoms with E-state index in [4.69, 9.17) is 22.1 Å². The molecule has 30 heavy (non-hydrogen) atoms. The van der Waals surface area contributed by atoms with Crippen LogP contribution in [0.3, 0.4) is 0 Å². The van der Waals surface area contributed by atoms with Crippen molar-refractivity contribution in [2.24, 2.45) is 0 Å². The molecule has 0 aliphatic rings. The lowest BCUT2D eigenvalue weighted by Crippen LogP contribution is -2.25. The van der Waals surface area contributed by atoms with Gasteiger partial charge in [-0.2, -0.15) is 0 Å². The molecule has 0 aliphatic heterocycles. The number of benzene rings is 2. The quantitative estimate of drug-likeness (QED) is 0.526. The maximum atomic E-state index is 12.9. The van der Waals surface area contributed by atoms with Gasteiger partial charge < -0.3 is 21.1 Å². The van der Waals surface area contributed by atoms with Crippen LogP contribution in [-0.4, -0.2) is 33.9 Å². The third kappa shape index (κ3) is 5.03. The number of carbonyl (C=O) groups is 2. The van der Waals surface area contributed by atoms with E-state index in [0.717, 1.165) is 4.68 Å². The van der Waals surface area contributed by atoms with Crippen LogP contribution in [0, 0.1) is 5.82 Å². The first-order valence-corrected chi connectivity index (χ1v) is 9.10. The van der Waals surface area contributed by atoms with Gasteiger partial charge >= 0.3 is 0 Å². The summed E-state index contributed by atoms with van der Waals surface area (Å²) in [7, 11) is 1.46. The second-order valence-corrected chi connectivity index (χ2v) is 6.62. The number of halogens is 2. The van der Waals surface area contributed by atoms with Gasteiger partial charge in [0.05, 0.1) is 12.8 Å². The van der Waals surface area contributed by atoms with Gasteiger partial charge in [-0.05, 0) is 35.9 Å². The molecule has 11 heteroatoms. The summed E-state index contributed by atoms with van der Waals surface area (Å²) in [5, 5.41) is 13.2. The Morgan fingerprint density at radius 2 is 1.97 bits per heavy atom. The highest BCUT2D eigenvalue weighted by atomic mass is 35.5. The van der Waals surface area contributed by atoms with Gasteiger partial charge in [-0.15, -0.1) is 5.10 Å². The van der Waals surface area contributed by atoms with Gasteiger partial charge in [0.15, 0.2) is 11.5 Å². The number of hydrogen-bond donors (Lipinski definition) is 3. The van der Waals surface area contributed by atoms with E-state index in [1.807, 2.05) is 0 Å². The van der Waals surface area contributed by atoms with Gasteiger partial charge in [0.25, 0.3) is 5.91 Å². The number of nitrogens with one attached hydrogen (secondary N) is 2. The third-order valence-electron chi connectivity index (χ3n) is 4.08. The van der Waals surface area contributed by atoms with E-state index >= 15 is 0 Å². The minimum absolute atomic E-state index is 0.0696. The largest absolute Gasteiger partial charge is 0.495 e. The van der Waals surface area contributed by atoms with Gasteiger partial charge in [0.1, 0.15) is 18.1 Å². The van der Waals surface area contributed by atoms with E-state index in [9.17, 15) is 14.0 Å². The number of rotatable bonds is 7. The topological polar surface area (TPSA) is 124 Å². The molecule has 0 spiro atoms. The van der Waals surface area contributed by atoms with Crippen molar-refractivity contribution in [3.63, 3.8) is 0 Å². The zero-order valence-electron chi connectivity index (χ0n) is 15.9. The molecule has 156 valence electrons. The number of carbonyl (C=O) groups excluding carboxylic acids is 2. The Bertz CT molecular complexity index is 1070. The molecule has 3 aromatic rings. The minimum Gasteiger partial charge on any atom is -0.495 e. The van der Waals surface area contributed by atoms with E-state index in [0.29, 0.717) is 22.0 Å². The average Bonchev–Trinajstić information content (AvgIpc) is 3.07. The summed E-state index contributed by atoms with van der Waals surface area (Å²) in [6.45, 7) is -0.125. The van der Waals surface area contributed by atoms with E-state index in [1.54, 1.807) is 24.3 Å². The van der Waals surface area contributed by atoms with Crippen LogP contribution in [0.2, 0.25) is 5.02 Å². The van der Waals surface area contributed by atoms with Crippen LogP contribution in [0.4, 0.5) is 15.9 Å². The molecule has 0 fully saturated rings. The lowest BCUT2D eigenvalue weighted by molar-refractivity contribution is -0.116. The summed E-state index contributed by atoms with van der Waals surface area (Å²) in [5.74, 6) is -1.05. The molecule has 9 nitrogen and oxygen atoms in total. The van der Waals surface area contributed by atoms with E-state index in [2.05, 4.69) is 20.9 Å². The molecule has 0 atom stereocenters. The molecule has 0 bridgehead atoms. The van der Waals surface area contributed by atoms with Crippen LogP contribution >= 0.6 is 11.6 Å². The standard InChI is InChI=1S/C19H18ClFN6O3/c1-30-15-7-4-12(20)8-14(15)24-16(28)10-27-18(22)17(25-26-27)19(29)23-9-11-2-5-13(21)6-3-11/h2-8H,9-10,22H2,1H3,(H,23,29)(H,24,28). The summed E-state index contributed by atoms with van der Waals surface area (Å²) in [6.07, 6.45) is 0. The van der Waals surface area contributed by atoms with E-state index in [1.165, 1.54) is 25.3 Å². The highest BCUT2D eigenvalue weighted by Gasteiger charge is 2.19. The number of hydrogen-bond acceptors (Lipinski definition) is 6. The summed E-state index contributed by atoms with van der Waals surface area (Å²) in [6, 6.07) is 10.5. The number of anilines is 2. The molecule has 0 saturated carbocycles. The van der Waals surface area contributed by atoms with E-state index in [-0.39, 0.29) is 30.4 Å². The Morgan fingerprint density at radius 3 is 2.67 bits per heavy atom. The van der Waals surface area contributed by atoms with Crippen molar-refractivity contribution in [3.05, 3.63) is 64.6 Å². The smallest absolute Gasteiger partial charge is 0.275 e. The number of nitrogens with zero attached hydrogens (tertiary/aromatic N) is 3. The number of methoxy groups -OCH3 is 1. The van der Waals surface area contributed by atoms with Crippen LogP contribution < -0.4 is 21.1 Å². The number of ether oxygens (including phenoxy) is 1.